The quantitative estimate of drug-likeness (QED) is 0.505. The highest BCUT2D eigenvalue weighted by molar-refractivity contribution is 8.07. The summed E-state index contributed by atoms with van der Waals surface area (Å²) in [4.78, 5) is 0. The van der Waals surface area contributed by atoms with Crippen molar-refractivity contribution in [3.63, 3.8) is 0 Å². The van der Waals surface area contributed by atoms with Gasteiger partial charge < -0.3 is 0 Å². The molecule has 0 saturated heterocycles. The van der Waals surface area contributed by atoms with E-state index in [9.17, 15) is 0 Å². The van der Waals surface area contributed by atoms with E-state index < -0.39 is 7.29 Å². The minimum atomic E-state index is -1.31. The van der Waals surface area contributed by atoms with Crippen LogP contribution in [-0.2, 0) is 0 Å². The second-order valence-electron chi connectivity index (χ2n) is 4.05. The highest BCUT2D eigenvalue weighted by Crippen LogP contribution is 2.52. The number of benzene rings is 2. The predicted molar refractivity (Wildman–Crippen MR) is 88.8 cm³/mol. The zero-order chi connectivity index (χ0) is 13.1. The van der Waals surface area contributed by atoms with Crippen LogP contribution in [0.25, 0.3) is 0 Å². The van der Waals surface area contributed by atoms with E-state index in [0.717, 1.165) is 0 Å². The van der Waals surface area contributed by atoms with Gasteiger partial charge in [0.1, 0.15) is 0 Å². The number of aromatic nitrogens is 1. The molecule has 1 nitrogen and oxygen atoms in total. The fraction of sp³-hybridized carbons (Fsp3) is 0. The molecule has 19 heavy (non-hydrogen) atoms. The number of nitrogens with zero attached hydrogens (tertiary/aromatic N) is 1. The summed E-state index contributed by atoms with van der Waals surface area (Å²) >= 11 is 0. The summed E-state index contributed by atoms with van der Waals surface area (Å²) in [6.07, 6.45) is 4.47. The molecule has 0 fully saturated rings. The number of rotatable bonds is 3. The summed E-state index contributed by atoms with van der Waals surface area (Å²) in [5.74, 6) is 0. The first-order valence-corrected chi connectivity index (χ1v) is 7.28. The number of hydrogen-bond donors (Lipinski definition) is 0. The van der Waals surface area contributed by atoms with Gasteiger partial charge in [0.25, 0.3) is 0 Å². The average Bonchev–Trinajstić information content (AvgIpc) is 3.03. The van der Waals surface area contributed by atoms with Gasteiger partial charge in [-0.25, -0.2) is 0 Å². The van der Waals surface area contributed by atoms with Gasteiger partial charge in [0.2, 0.25) is 0 Å². The largest absolute Gasteiger partial charge is 0.267 e. The Balaban J connectivity index is 2.23. The third kappa shape index (κ3) is 2.13. The predicted octanol–water partition coefficient (Wildman–Crippen LogP) is 2.20. The molecule has 94 valence electrons. The Bertz CT molecular complexity index is 596. The first kappa shape index (κ1) is 12.3. The molecule has 0 unspecified atom stereocenters. The van der Waals surface area contributed by atoms with Crippen molar-refractivity contribution in [2.45, 2.75) is 0 Å². The fourth-order valence-corrected chi connectivity index (χ4v) is 4.17. The van der Waals surface area contributed by atoms with Crippen LogP contribution in [0.5, 0.6) is 0 Å². The first-order chi connectivity index (χ1) is 9.32. The van der Waals surface area contributed by atoms with Crippen LogP contribution < -0.4 is 10.6 Å². The SMILES string of the molecule is [BH3-][P+](c1ccccc1)(c1ccccc1)n1cccc1. The van der Waals surface area contributed by atoms with Gasteiger partial charge in [-0.1, -0.05) is 36.4 Å². The van der Waals surface area contributed by atoms with E-state index in [0.29, 0.717) is 0 Å². The van der Waals surface area contributed by atoms with Crippen molar-refractivity contribution >= 4 is 25.5 Å². The number of hydrogen-bond acceptors (Lipinski definition) is 0. The van der Waals surface area contributed by atoms with Crippen molar-refractivity contribution in [2.24, 2.45) is 0 Å². The standard InChI is InChI=1S/C16H17BNP/c17-19(18-13-7-8-14-18,15-9-3-1-4-10-15)16-11-5-2-6-12-16/h1-14H,17H3. The zero-order valence-electron chi connectivity index (χ0n) is 9.98. The smallest absolute Gasteiger partial charge is 0.162 e. The summed E-state index contributed by atoms with van der Waals surface area (Å²) in [5.41, 5.74) is 0. The van der Waals surface area contributed by atoms with Crippen molar-refractivity contribution in [3.05, 3.63) is 85.2 Å². The van der Waals surface area contributed by atoms with Crippen LogP contribution in [0.15, 0.2) is 85.2 Å². The third-order valence-electron chi connectivity index (χ3n) is 2.82. The van der Waals surface area contributed by atoms with Gasteiger partial charge >= 0.3 is 0 Å². The molecule has 0 aliphatic rings. The van der Waals surface area contributed by atoms with Crippen LogP contribution in [0.2, 0.25) is 0 Å². The average molecular weight is 265 g/mol. The second-order valence-corrected chi connectivity index (χ2v) is 6.16. The van der Waals surface area contributed by atoms with E-state index in [1.807, 2.05) is 0 Å². The molecule has 3 heteroatoms. The molecule has 0 atom stereocenters. The molecule has 0 aliphatic heterocycles. The van der Waals surface area contributed by atoms with E-state index >= 15 is 0 Å². The van der Waals surface area contributed by atoms with Gasteiger partial charge in [-0.3, -0.25) is 4.34 Å². The lowest BCUT2D eigenvalue weighted by molar-refractivity contribution is 1.26. The Kier molecular flexibility index (Phi) is 3.27. The maximum Gasteiger partial charge on any atom is 0.162 e. The molecule has 0 amide bonds. The first-order valence-electron chi connectivity index (χ1n) is 5.98. The molecule has 0 saturated carbocycles. The molecular weight excluding hydrogens is 248 g/mol. The van der Waals surface area contributed by atoms with Crippen LogP contribution in [0.1, 0.15) is 0 Å². The Morgan fingerprint density at radius 3 is 1.47 bits per heavy atom. The van der Waals surface area contributed by atoms with Gasteiger partial charge in [0.15, 0.2) is 7.57 Å². The van der Waals surface area contributed by atoms with Gasteiger partial charge in [-0.05, 0) is 36.4 Å². The highest BCUT2D eigenvalue weighted by Gasteiger charge is 2.31. The fourth-order valence-electron chi connectivity index (χ4n) is 2.01. The summed E-state index contributed by atoms with van der Waals surface area (Å²) in [7, 11) is -1.19. The molecule has 2 aromatic carbocycles. The summed E-state index contributed by atoms with van der Waals surface area (Å²) in [6.45, 7) is 0. The van der Waals surface area contributed by atoms with Crippen molar-refractivity contribution in [1.82, 2.24) is 4.34 Å². The van der Waals surface area contributed by atoms with E-state index in [-0.39, 0.29) is 7.57 Å². The van der Waals surface area contributed by atoms with Crippen LogP contribution in [-0.4, -0.2) is 11.9 Å². The molecule has 0 N–H and O–H groups in total. The molecule has 1 heterocycles. The summed E-state index contributed by atoms with van der Waals surface area (Å²) in [6, 6.07) is 26.4. The maximum absolute atomic E-state index is 2.48. The lowest BCUT2D eigenvalue weighted by atomic mass is 10.4. The summed E-state index contributed by atoms with van der Waals surface area (Å²) in [5, 5.41) is 3.02. The monoisotopic (exact) mass is 265 g/mol. The van der Waals surface area contributed by atoms with Gasteiger partial charge in [0.05, 0.1) is 10.6 Å². The van der Waals surface area contributed by atoms with E-state index in [1.165, 1.54) is 10.6 Å². The van der Waals surface area contributed by atoms with Crippen LogP contribution in [0.4, 0.5) is 0 Å². The van der Waals surface area contributed by atoms with Crippen LogP contribution in [0.3, 0.4) is 0 Å². The van der Waals surface area contributed by atoms with Crippen molar-refractivity contribution in [2.75, 3.05) is 0 Å². The molecule has 0 bridgehead atoms. The van der Waals surface area contributed by atoms with Crippen molar-refractivity contribution in [3.8, 4) is 0 Å². The highest BCUT2D eigenvalue weighted by atomic mass is 31.2. The Morgan fingerprint density at radius 1 is 0.632 bits per heavy atom. The molecular formula is C16H17BNP. The van der Waals surface area contributed by atoms with Gasteiger partial charge in [-0.2, -0.15) is 0 Å². The normalized spacial score (nSPS) is 11.4. The third-order valence-corrected chi connectivity index (χ3v) is 5.12. The van der Waals surface area contributed by atoms with Crippen LogP contribution >= 0.6 is 7.29 Å². The molecule has 1 aromatic heterocycles. The van der Waals surface area contributed by atoms with Crippen molar-refractivity contribution in [1.29, 1.82) is 0 Å². The maximum atomic E-state index is 2.48. The van der Waals surface area contributed by atoms with Crippen molar-refractivity contribution < 1.29 is 0 Å². The van der Waals surface area contributed by atoms with E-state index in [1.54, 1.807) is 0 Å². The minimum Gasteiger partial charge on any atom is -0.267 e. The Labute approximate surface area is 115 Å². The lowest BCUT2D eigenvalue weighted by Gasteiger charge is -2.30. The van der Waals surface area contributed by atoms with Gasteiger partial charge in [0, 0.05) is 19.7 Å². The molecule has 3 rings (SSSR count). The summed E-state index contributed by atoms with van der Waals surface area (Å²) < 4.78 is 2.48. The second kappa shape index (κ2) is 5.07. The molecule has 0 aliphatic carbocycles. The Hall–Kier alpha value is -1.79. The minimum absolute atomic E-state index is 0.119. The molecule has 0 spiro atoms. The van der Waals surface area contributed by atoms with E-state index in [4.69, 9.17) is 0 Å². The van der Waals surface area contributed by atoms with Crippen LogP contribution in [0, 0.1) is 0 Å². The topological polar surface area (TPSA) is 4.93 Å². The van der Waals surface area contributed by atoms with Gasteiger partial charge in [-0.15, -0.1) is 0 Å². The van der Waals surface area contributed by atoms with E-state index in [2.05, 4.69) is 89.5 Å². The molecule has 0 radical (unpaired) electrons. The zero-order valence-corrected chi connectivity index (χ0v) is 10.9. The molecule has 3 aromatic rings. The Morgan fingerprint density at radius 2 is 1.05 bits per heavy atom. The lowest BCUT2D eigenvalue weighted by Crippen LogP contribution is -2.27.